The summed E-state index contributed by atoms with van der Waals surface area (Å²) in [5.41, 5.74) is 6.90. The molecule has 2 aliphatic rings. The lowest BCUT2D eigenvalue weighted by molar-refractivity contribution is 0.606. The van der Waals surface area contributed by atoms with E-state index in [1.165, 1.54) is 22.5 Å². The highest BCUT2D eigenvalue weighted by atomic mass is 16.3. The predicted molar refractivity (Wildman–Crippen MR) is 136 cm³/mol. The van der Waals surface area contributed by atoms with Crippen molar-refractivity contribution in [1.29, 1.82) is 0 Å². The fourth-order valence-electron chi connectivity index (χ4n) is 4.80. The van der Waals surface area contributed by atoms with Crippen LogP contribution in [0.4, 0.5) is 11.4 Å². The van der Waals surface area contributed by atoms with Crippen LogP contribution in [0.25, 0.3) is 11.0 Å². The van der Waals surface area contributed by atoms with E-state index < -0.39 is 0 Å². The smallest absolute Gasteiger partial charge is 0.148 e. The van der Waals surface area contributed by atoms with Gasteiger partial charge in [0.05, 0.1) is 23.8 Å². The molecule has 4 aromatic rings. The maximum Gasteiger partial charge on any atom is 0.148 e. The Hall–Kier alpha value is -3.86. The zero-order chi connectivity index (χ0) is 22.0. The summed E-state index contributed by atoms with van der Waals surface area (Å²) < 4.78 is 6.20. The summed E-state index contributed by atoms with van der Waals surface area (Å²) in [6.07, 6.45) is 8.17. The third kappa shape index (κ3) is 3.91. The van der Waals surface area contributed by atoms with Crippen LogP contribution in [0.3, 0.4) is 0 Å². The summed E-state index contributed by atoms with van der Waals surface area (Å²) in [5, 5.41) is 14.8. The third-order valence-corrected chi connectivity index (χ3v) is 6.43. The van der Waals surface area contributed by atoms with Crippen LogP contribution < -0.4 is 10.0 Å². The number of furan rings is 1. The molecule has 0 amide bonds. The van der Waals surface area contributed by atoms with Crippen LogP contribution >= 0.6 is 0 Å². The summed E-state index contributed by atoms with van der Waals surface area (Å²) in [6.45, 7) is 1.85. The first-order valence-corrected chi connectivity index (χ1v) is 11.7. The van der Waals surface area contributed by atoms with Crippen molar-refractivity contribution in [3.05, 3.63) is 95.2 Å². The molecular weight excluding hydrogens is 408 g/mol. The third-order valence-electron chi connectivity index (χ3n) is 6.43. The molecule has 5 heteroatoms. The molecular formula is C28H26N4O. The highest BCUT2D eigenvalue weighted by Crippen LogP contribution is 2.29. The summed E-state index contributed by atoms with van der Waals surface area (Å²) >= 11 is 0. The molecule has 0 aliphatic carbocycles. The van der Waals surface area contributed by atoms with Crippen LogP contribution in [0.15, 0.2) is 87.4 Å². The molecule has 33 heavy (non-hydrogen) atoms. The van der Waals surface area contributed by atoms with Gasteiger partial charge in [-0.15, -0.1) is 0 Å². The van der Waals surface area contributed by atoms with Gasteiger partial charge in [0, 0.05) is 24.0 Å². The zero-order valence-corrected chi connectivity index (χ0v) is 18.5. The number of nitrogens with zero attached hydrogens (tertiary/aromatic N) is 4. The molecule has 0 saturated heterocycles. The molecule has 3 heterocycles. The molecule has 0 saturated carbocycles. The van der Waals surface area contributed by atoms with Gasteiger partial charge in [-0.2, -0.15) is 10.2 Å². The van der Waals surface area contributed by atoms with Crippen molar-refractivity contribution in [2.24, 2.45) is 10.2 Å². The minimum atomic E-state index is 0.747. The molecule has 164 valence electrons. The van der Waals surface area contributed by atoms with Gasteiger partial charge in [0.25, 0.3) is 0 Å². The van der Waals surface area contributed by atoms with Gasteiger partial charge < -0.3 is 4.42 Å². The average molecular weight is 435 g/mol. The maximum absolute atomic E-state index is 6.20. The Morgan fingerprint density at radius 2 is 1.33 bits per heavy atom. The molecule has 3 aromatic carbocycles. The molecule has 6 rings (SSSR count). The number of fused-ring (bicyclic) bond motifs is 3. The van der Waals surface area contributed by atoms with Gasteiger partial charge in [-0.3, -0.25) is 10.0 Å². The van der Waals surface area contributed by atoms with E-state index in [2.05, 4.69) is 64.6 Å². The number of hydrogen-bond acceptors (Lipinski definition) is 5. The van der Waals surface area contributed by atoms with Crippen molar-refractivity contribution in [2.45, 2.75) is 25.7 Å². The fourth-order valence-corrected chi connectivity index (χ4v) is 4.80. The van der Waals surface area contributed by atoms with Crippen molar-refractivity contribution in [1.82, 2.24) is 0 Å². The Morgan fingerprint density at radius 1 is 0.697 bits per heavy atom. The maximum atomic E-state index is 6.20. The van der Waals surface area contributed by atoms with E-state index in [1.54, 1.807) is 0 Å². The van der Waals surface area contributed by atoms with Crippen molar-refractivity contribution in [3.63, 3.8) is 0 Å². The minimum Gasteiger partial charge on any atom is -0.454 e. The number of aryl methyl sites for hydroxylation is 2. The molecule has 2 aliphatic heterocycles. The SMILES string of the molecule is C(=NN1CCCc2ccccc21)c1cc2cccc(C=NN3CCCc4ccccc43)c2o1. The van der Waals surface area contributed by atoms with Gasteiger partial charge in [0.1, 0.15) is 11.3 Å². The van der Waals surface area contributed by atoms with Crippen molar-refractivity contribution in [2.75, 3.05) is 23.1 Å². The number of benzene rings is 3. The van der Waals surface area contributed by atoms with Crippen LogP contribution in [0.2, 0.25) is 0 Å². The highest BCUT2D eigenvalue weighted by Gasteiger charge is 2.16. The Labute approximate surface area is 193 Å². The Balaban J connectivity index is 1.26. The van der Waals surface area contributed by atoms with Crippen molar-refractivity contribution in [3.8, 4) is 0 Å². The topological polar surface area (TPSA) is 44.3 Å². The van der Waals surface area contributed by atoms with Crippen LogP contribution in [-0.2, 0) is 12.8 Å². The summed E-state index contributed by atoms with van der Waals surface area (Å²) in [7, 11) is 0. The first-order valence-electron chi connectivity index (χ1n) is 11.7. The standard InChI is InChI=1S/C28H26N4O/c1-3-14-26-21(8-1)12-6-16-31(26)29-19-24-11-5-10-23-18-25(33-28(23)24)20-30-32-17-7-13-22-9-2-4-15-27(22)32/h1-5,8-11,14-15,18-20H,6-7,12-13,16-17H2. The van der Waals surface area contributed by atoms with Crippen LogP contribution in [0.5, 0.6) is 0 Å². The Morgan fingerprint density at radius 3 is 2.03 bits per heavy atom. The highest BCUT2D eigenvalue weighted by molar-refractivity contribution is 5.99. The quantitative estimate of drug-likeness (QED) is 0.370. The number of hydrogen-bond donors (Lipinski definition) is 0. The van der Waals surface area contributed by atoms with Gasteiger partial charge in [-0.25, -0.2) is 0 Å². The van der Waals surface area contributed by atoms with E-state index in [9.17, 15) is 0 Å². The average Bonchev–Trinajstić information content (AvgIpc) is 3.30. The van der Waals surface area contributed by atoms with E-state index >= 15 is 0 Å². The van der Waals surface area contributed by atoms with Gasteiger partial charge in [0.2, 0.25) is 0 Å². The van der Waals surface area contributed by atoms with Gasteiger partial charge in [-0.05, 0) is 61.1 Å². The Bertz CT molecular complexity index is 1350. The molecule has 1 aromatic heterocycles. The minimum absolute atomic E-state index is 0.747. The number of anilines is 2. The number of para-hydroxylation sites is 3. The van der Waals surface area contributed by atoms with Gasteiger partial charge in [0.15, 0.2) is 0 Å². The lowest BCUT2D eigenvalue weighted by Gasteiger charge is -2.26. The largest absolute Gasteiger partial charge is 0.454 e. The van der Waals surface area contributed by atoms with Gasteiger partial charge >= 0.3 is 0 Å². The molecule has 0 unspecified atom stereocenters. The molecule has 0 radical (unpaired) electrons. The van der Waals surface area contributed by atoms with E-state index in [0.29, 0.717) is 0 Å². The molecule has 0 fully saturated rings. The van der Waals surface area contributed by atoms with E-state index in [4.69, 9.17) is 14.6 Å². The molecule has 0 N–H and O–H groups in total. The molecule has 0 bridgehead atoms. The van der Waals surface area contributed by atoms with Gasteiger partial charge in [-0.1, -0.05) is 48.5 Å². The monoisotopic (exact) mass is 434 g/mol. The fraction of sp³-hybridized carbons (Fsp3) is 0.214. The Kier molecular flexibility index (Phi) is 5.15. The number of rotatable bonds is 4. The van der Waals surface area contributed by atoms with Crippen LogP contribution in [-0.4, -0.2) is 25.5 Å². The molecule has 0 spiro atoms. The second-order valence-electron chi connectivity index (χ2n) is 8.61. The number of hydrazone groups is 2. The predicted octanol–water partition coefficient (Wildman–Crippen LogP) is 6.01. The lowest BCUT2D eigenvalue weighted by Crippen LogP contribution is -2.24. The zero-order valence-electron chi connectivity index (χ0n) is 18.5. The summed E-state index contributed by atoms with van der Waals surface area (Å²) in [4.78, 5) is 0. The van der Waals surface area contributed by atoms with Crippen LogP contribution in [0, 0.1) is 0 Å². The first-order chi connectivity index (χ1) is 16.3. The summed E-state index contributed by atoms with van der Waals surface area (Å²) in [6, 6.07) is 25.2. The molecule has 0 atom stereocenters. The molecule has 5 nitrogen and oxygen atoms in total. The normalized spacial score (nSPS) is 16.0. The van der Waals surface area contributed by atoms with Crippen molar-refractivity contribution >= 4 is 34.8 Å². The van der Waals surface area contributed by atoms with E-state index in [1.807, 2.05) is 30.6 Å². The summed E-state index contributed by atoms with van der Waals surface area (Å²) in [5.74, 6) is 0.747. The van der Waals surface area contributed by atoms with E-state index in [-0.39, 0.29) is 0 Å². The first kappa shape index (κ1) is 19.8. The van der Waals surface area contributed by atoms with Crippen LogP contribution in [0.1, 0.15) is 35.3 Å². The lowest BCUT2D eigenvalue weighted by atomic mass is 10.0. The van der Waals surface area contributed by atoms with E-state index in [0.717, 1.165) is 61.1 Å². The second kappa shape index (κ2) is 8.58. The van der Waals surface area contributed by atoms with Crippen molar-refractivity contribution < 1.29 is 4.42 Å². The second-order valence-corrected chi connectivity index (χ2v) is 8.61.